The summed E-state index contributed by atoms with van der Waals surface area (Å²) in [7, 11) is 0. The summed E-state index contributed by atoms with van der Waals surface area (Å²) in [6, 6.07) is 10.5. The Bertz CT molecular complexity index is 1150. The predicted molar refractivity (Wildman–Crippen MR) is 138 cm³/mol. The molecule has 0 radical (unpaired) electrons. The van der Waals surface area contributed by atoms with Crippen LogP contribution in [0.4, 0.5) is 5.00 Å². The zero-order valence-corrected chi connectivity index (χ0v) is 21.5. The van der Waals surface area contributed by atoms with E-state index in [0.29, 0.717) is 16.6 Å². The first-order valence-corrected chi connectivity index (χ1v) is 13.5. The molecule has 34 heavy (non-hydrogen) atoms. The standard InChI is InChI=1S/C25H31N5O2S2/c1-25(2,3)17-11-9-16(10-12-17)22-28-29-24(30(22)18-7-5-4-6-8-18)34-15-20(31)27-23-19(21(26)32)13-14-33-23/h9-14,18H,4-8,15H2,1-3H3,(H2,26,32)(H,27,31). The maximum Gasteiger partial charge on any atom is 0.251 e. The Morgan fingerprint density at radius 1 is 1.12 bits per heavy atom. The number of aromatic nitrogens is 3. The van der Waals surface area contributed by atoms with Crippen molar-refractivity contribution in [1.82, 2.24) is 14.8 Å². The Hall–Kier alpha value is -2.65. The van der Waals surface area contributed by atoms with Crippen molar-refractivity contribution in [3.05, 3.63) is 46.8 Å². The second kappa shape index (κ2) is 10.3. The van der Waals surface area contributed by atoms with Crippen molar-refractivity contribution in [3.8, 4) is 11.4 Å². The van der Waals surface area contributed by atoms with Gasteiger partial charge in [0.15, 0.2) is 11.0 Å². The van der Waals surface area contributed by atoms with E-state index in [1.54, 1.807) is 11.4 Å². The van der Waals surface area contributed by atoms with Crippen LogP contribution in [0.15, 0.2) is 40.9 Å². The molecule has 0 aliphatic heterocycles. The predicted octanol–water partition coefficient (Wildman–Crippen LogP) is 5.64. The number of anilines is 1. The molecule has 2 aromatic heterocycles. The number of rotatable bonds is 7. The number of primary amides is 1. The van der Waals surface area contributed by atoms with E-state index in [1.807, 2.05) is 0 Å². The minimum absolute atomic E-state index is 0.0842. The monoisotopic (exact) mass is 497 g/mol. The number of hydrogen-bond donors (Lipinski definition) is 2. The Balaban J connectivity index is 1.55. The normalized spacial score (nSPS) is 14.8. The number of nitrogens with two attached hydrogens (primary N) is 1. The lowest BCUT2D eigenvalue weighted by atomic mass is 9.86. The van der Waals surface area contributed by atoms with Crippen LogP contribution < -0.4 is 11.1 Å². The van der Waals surface area contributed by atoms with Crippen LogP contribution in [0.3, 0.4) is 0 Å². The molecule has 1 saturated carbocycles. The van der Waals surface area contributed by atoms with Gasteiger partial charge in [0.1, 0.15) is 5.00 Å². The largest absolute Gasteiger partial charge is 0.366 e. The molecule has 180 valence electrons. The highest BCUT2D eigenvalue weighted by molar-refractivity contribution is 7.99. The Morgan fingerprint density at radius 3 is 2.47 bits per heavy atom. The van der Waals surface area contributed by atoms with Gasteiger partial charge < -0.3 is 11.1 Å². The van der Waals surface area contributed by atoms with Crippen LogP contribution in [-0.4, -0.2) is 32.3 Å². The van der Waals surface area contributed by atoms with E-state index in [1.165, 1.54) is 47.9 Å². The average Bonchev–Trinajstić information content (AvgIpc) is 3.45. The first-order chi connectivity index (χ1) is 16.2. The zero-order chi connectivity index (χ0) is 24.3. The quantitative estimate of drug-likeness (QED) is 0.411. The highest BCUT2D eigenvalue weighted by atomic mass is 32.2. The molecule has 7 nitrogen and oxygen atoms in total. The number of hydrogen-bond acceptors (Lipinski definition) is 6. The summed E-state index contributed by atoms with van der Waals surface area (Å²) >= 11 is 2.66. The molecule has 2 heterocycles. The van der Waals surface area contributed by atoms with Gasteiger partial charge in [-0.2, -0.15) is 0 Å². The van der Waals surface area contributed by atoms with Gasteiger partial charge in [-0.05, 0) is 35.3 Å². The minimum atomic E-state index is -0.552. The summed E-state index contributed by atoms with van der Waals surface area (Å²) in [6.07, 6.45) is 5.79. The molecule has 0 spiro atoms. The number of carbonyl (C=O) groups is 2. The molecule has 1 aliphatic carbocycles. The van der Waals surface area contributed by atoms with Gasteiger partial charge in [0, 0.05) is 11.6 Å². The van der Waals surface area contributed by atoms with Crippen molar-refractivity contribution < 1.29 is 9.59 Å². The number of thiophene rings is 1. The lowest BCUT2D eigenvalue weighted by Gasteiger charge is -2.26. The van der Waals surface area contributed by atoms with Crippen LogP contribution in [0, 0.1) is 0 Å². The van der Waals surface area contributed by atoms with Crippen LogP contribution in [-0.2, 0) is 10.2 Å². The minimum Gasteiger partial charge on any atom is -0.366 e. The fourth-order valence-electron chi connectivity index (χ4n) is 4.25. The second-order valence-electron chi connectivity index (χ2n) is 9.66. The third kappa shape index (κ3) is 5.52. The molecular formula is C25H31N5O2S2. The molecular weight excluding hydrogens is 466 g/mol. The lowest BCUT2D eigenvalue weighted by Crippen LogP contribution is -2.19. The van der Waals surface area contributed by atoms with Crippen LogP contribution in [0.5, 0.6) is 0 Å². The van der Waals surface area contributed by atoms with Gasteiger partial charge >= 0.3 is 0 Å². The fourth-order valence-corrected chi connectivity index (χ4v) is 5.87. The van der Waals surface area contributed by atoms with E-state index in [9.17, 15) is 9.59 Å². The fraction of sp³-hybridized carbons (Fsp3) is 0.440. The van der Waals surface area contributed by atoms with Crippen molar-refractivity contribution in [2.75, 3.05) is 11.1 Å². The number of thioether (sulfide) groups is 1. The molecule has 2 amide bonds. The zero-order valence-electron chi connectivity index (χ0n) is 19.8. The van der Waals surface area contributed by atoms with Gasteiger partial charge in [-0.15, -0.1) is 21.5 Å². The third-order valence-corrected chi connectivity index (χ3v) is 7.90. The molecule has 1 fully saturated rings. The van der Waals surface area contributed by atoms with Crippen molar-refractivity contribution in [2.24, 2.45) is 5.73 Å². The van der Waals surface area contributed by atoms with Crippen molar-refractivity contribution in [3.63, 3.8) is 0 Å². The highest BCUT2D eigenvalue weighted by Gasteiger charge is 2.25. The molecule has 9 heteroatoms. The SMILES string of the molecule is CC(C)(C)c1ccc(-c2nnc(SCC(=O)Nc3sccc3C(N)=O)n2C2CCCCC2)cc1. The third-order valence-electron chi connectivity index (χ3n) is 6.13. The summed E-state index contributed by atoms with van der Waals surface area (Å²) in [6.45, 7) is 6.61. The van der Waals surface area contributed by atoms with Crippen molar-refractivity contribution >= 4 is 39.9 Å². The molecule has 1 aliphatic rings. The van der Waals surface area contributed by atoms with Crippen molar-refractivity contribution in [2.45, 2.75) is 69.5 Å². The van der Waals surface area contributed by atoms with Gasteiger partial charge in [-0.3, -0.25) is 14.2 Å². The molecule has 4 rings (SSSR count). The number of carbonyl (C=O) groups excluding carboxylic acids is 2. The first kappa shape index (κ1) is 24.5. The molecule has 0 atom stereocenters. The van der Waals surface area contributed by atoms with E-state index in [2.05, 4.69) is 65.1 Å². The second-order valence-corrected chi connectivity index (χ2v) is 11.5. The number of nitrogens with one attached hydrogen (secondary N) is 1. The van der Waals surface area contributed by atoms with E-state index >= 15 is 0 Å². The molecule has 1 aromatic carbocycles. The summed E-state index contributed by atoms with van der Waals surface area (Å²) < 4.78 is 2.23. The summed E-state index contributed by atoms with van der Waals surface area (Å²) in [4.78, 5) is 24.1. The summed E-state index contributed by atoms with van der Waals surface area (Å²) in [5, 5.41) is 14.8. The highest BCUT2D eigenvalue weighted by Crippen LogP contribution is 2.36. The Kier molecular flexibility index (Phi) is 7.42. The topological polar surface area (TPSA) is 103 Å². The molecule has 3 N–H and O–H groups in total. The maximum atomic E-state index is 12.6. The van der Waals surface area contributed by atoms with Gasteiger partial charge in [0.2, 0.25) is 5.91 Å². The van der Waals surface area contributed by atoms with Crippen molar-refractivity contribution in [1.29, 1.82) is 0 Å². The Labute approximate surface area is 208 Å². The first-order valence-electron chi connectivity index (χ1n) is 11.6. The van der Waals surface area contributed by atoms with Gasteiger partial charge in [-0.25, -0.2) is 0 Å². The van der Waals surface area contributed by atoms with E-state index in [0.717, 1.165) is 29.4 Å². The van der Waals surface area contributed by atoms with E-state index in [4.69, 9.17) is 5.73 Å². The average molecular weight is 498 g/mol. The van der Waals surface area contributed by atoms with Gasteiger partial charge in [0.05, 0.1) is 11.3 Å². The lowest BCUT2D eigenvalue weighted by molar-refractivity contribution is -0.113. The summed E-state index contributed by atoms with van der Waals surface area (Å²) in [5.74, 6) is 0.265. The Morgan fingerprint density at radius 2 is 1.82 bits per heavy atom. The van der Waals surface area contributed by atoms with Crippen LogP contribution in [0.1, 0.15) is 74.8 Å². The van der Waals surface area contributed by atoms with Gasteiger partial charge in [0.25, 0.3) is 5.91 Å². The number of amides is 2. The van der Waals surface area contributed by atoms with E-state index < -0.39 is 5.91 Å². The molecule has 0 bridgehead atoms. The van der Waals surface area contributed by atoms with Crippen LogP contribution in [0.25, 0.3) is 11.4 Å². The summed E-state index contributed by atoms with van der Waals surface area (Å²) in [5.41, 5.74) is 8.10. The molecule has 0 saturated heterocycles. The van der Waals surface area contributed by atoms with Gasteiger partial charge in [-0.1, -0.05) is 76.1 Å². The smallest absolute Gasteiger partial charge is 0.251 e. The molecule has 0 unspecified atom stereocenters. The van der Waals surface area contributed by atoms with E-state index in [-0.39, 0.29) is 17.1 Å². The number of nitrogens with zero attached hydrogens (tertiary/aromatic N) is 3. The number of benzene rings is 1. The maximum absolute atomic E-state index is 12.6. The van der Waals surface area contributed by atoms with Crippen LogP contribution in [0.2, 0.25) is 0 Å². The van der Waals surface area contributed by atoms with Crippen LogP contribution >= 0.6 is 23.1 Å². The molecule has 3 aromatic rings.